The second-order valence-corrected chi connectivity index (χ2v) is 10.8. The van der Waals surface area contributed by atoms with Crippen LogP contribution in [0.5, 0.6) is 0 Å². The molecule has 0 aliphatic rings. The number of hydrogen-bond donors (Lipinski definition) is 5. The summed E-state index contributed by atoms with van der Waals surface area (Å²) in [6.45, 7) is 3.61. The van der Waals surface area contributed by atoms with Crippen molar-refractivity contribution in [1.82, 2.24) is 21.3 Å². The van der Waals surface area contributed by atoms with E-state index in [0.29, 0.717) is 0 Å². The number of rotatable bonds is 16. The van der Waals surface area contributed by atoms with Gasteiger partial charge in [0.05, 0.1) is 33.5 Å². The van der Waals surface area contributed by atoms with Gasteiger partial charge in [-0.05, 0) is 41.2 Å². The number of hydrogen-bond acceptors (Lipinski definition) is 8. The van der Waals surface area contributed by atoms with Crippen LogP contribution in [0.4, 0.5) is 18.4 Å². The molecule has 0 bridgehead atoms. The number of aliphatic hydroxyl groups is 1. The van der Waals surface area contributed by atoms with Crippen LogP contribution in [0.1, 0.15) is 31.4 Å². The highest BCUT2D eigenvalue weighted by Crippen LogP contribution is 2.15. The van der Waals surface area contributed by atoms with E-state index in [2.05, 4.69) is 30.7 Å². The molecule has 0 aromatic heterocycles. The van der Waals surface area contributed by atoms with E-state index in [1.165, 1.54) is 0 Å². The predicted octanol–water partition coefficient (Wildman–Crippen LogP) is 2.18. The van der Waals surface area contributed by atoms with Crippen LogP contribution in [-0.4, -0.2) is 81.2 Å². The molecule has 5 N–H and O–H groups in total. The molecule has 0 aliphatic carbocycles. The van der Waals surface area contributed by atoms with Gasteiger partial charge in [-0.3, -0.25) is 9.59 Å². The smallest absolute Gasteiger partial charge is 0.407 e. The number of amides is 4. The van der Waals surface area contributed by atoms with Gasteiger partial charge in [-0.15, -0.1) is 0 Å². The molecule has 4 amide bonds. The van der Waals surface area contributed by atoms with E-state index >= 15 is 0 Å². The Morgan fingerprint density at radius 1 is 0.909 bits per heavy atom. The summed E-state index contributed by atoms with van der Waals surface area (Å²) < 4.78 is 42.5. The second kappa shape index (κ2) is 17.7. The van der Waals surface area contributed by atoms with Crippen molar-refractivity contribution in [2.24, 2.45) is 5.41 Å². The highest BCUT2D eigenvalue weighted by atomic mass is 19.1. The Morgan fingerprint density at radius 2 is 1.55 bits per heavy atom. The molecule has 3 atom stereocenters. The van der Waals surface area contributed by atoms with E-state index in [4.69, 9.17) is 4.74 Å². The molecular formula is C30H40F2N4O8. The molecule has 2 rings (SSSR count). The number of halogens is 2. The summed E-state index contributed by atoms with van der Waals surface area (Å²) in [6.07, 6.45) is -3.81. The zero-order chi connectivity index (χ0) is 32.7. The average molecular weight is 623 g/mol. The standard InChI is InChI=1S/C30H40F2N4O8/c1-30(2,17-33-25(37)14-22(35-28(40)42-3)13-20-12-21(31)10-11-23(20)32)18-34-27(39)26(38)24(36-29(41)43-4)16-44-15-19-8-6-5-7-9-19/h5-12,22,24,26,38H,13-18H2,1-4H3,(H,33,37)(H,34,39)(H,35,40)(H,36,41)/t22?,24-,26+/m1/s1. The zero-order valence-electron chi connectivity index (χ0n) is 25.2. The van der Waals surface area contributed by atoms with E-state index in [1.54, 1.807) is 13.8 Å². The van der Waals surface area contributed by atoms with Gasteiger partial charge in [-0.1, -0.05) is 44.2 Å². The number of ether oxygens (including phenoxy) is 3. The van der Waals surface area contributed by atoms with Gasteiger partial charge in [0.1, 0.15) is 11.6 Å². The monoisotopic (exact) mass is 622 g/mol. The molecular weight excluding hydrogens is 582 g/mol. The number of carbonyl (C=O) groups excluding carboxylic acids is 4. The molecule has 2 aromatic rings. The number of alkyl carbamates (subject to hydrolysis) is 2. The molecule has 0 saturated heterocycles. The third kappa shape index (κ3) is 12.9. The normalized spacial score (nSPS) is 13.2. The lowest BCUT2D eigenvalue weighted by atomic mass is 9.93. The first-order valence-electron chi connectivity index (χ1n) is 13.8. The van der Waals surface area contributed by atoms with Crippen molar-refractivity contribution in [2.45, 2.75) is 51.5 Å². The zero-order valence-corrected chi connectivity index (χ0v) is 25.2. The molecule has 44 heavy (non-hydrogen) atoms. The molecule has 0 saturated carbocycles. The highest BCUT2D eigenvalue weighted by Gasteiger charge is 2.30. The van der Waals surface area contributed by atoms with Crippen molar-refractivity contribution >= 4 is 24.0 Å². The SMILES string of the molecule is COC(=O)NC(CC(=O)NCC(C)(C)CNC(=O)[C@@H](O)[C@@H](COCc1ccccc1)NC(=O)OC)Cc1cc(F)ccc1F. The van der Waals surface area contributed by atoms with Crippen LogP contribution in [0.3, 0.4) is 0 Å². The summed E-state index contributed by atoms with van der Waals surface area (Å²) >= 11 is 0. The first kappa shape index (κ1) is 35.9. The number of methoxy groups -OCH3 is 2. The molecule has 242 valence electrons. The van der Waals surface area contributed by atoms with Crippen LogP contribution >= 0.6 is 0 Å². The first-order valence-corrected chi connectivity index (χ1v) is 13.8. The molecule has 0 heterocycles. The fourth-order valence-electron chi connectivity index (χ4n) is 3.98. The van der Waals surface area contributed by atoms with Crippen LogP contribution in [0.25, 0.3) is 0 Å². The number of nitrogens with one attached hydrogen (secondary N) is 4. The van der Waals surface area contributed by atoms with Gasteiger partial charge in [0.15, 0.2) is 6.10 Å². The summed E-state index contributed by atoms with van der Waals surface area (Å²) in [7, 11) is 2.28. The summed E-state index contributed by atoms with van der Waals surface area (Å²) in [5.41, 5.74) is 0.131. The third-order valence-corrected chi connectivity index (χ3v) is 6.47. The maximum atomic E-state index is 14.2. The lowest BCUT2D eigenvalue weighted by Crippen LogP contribution is -2.54. The third-order valence-electron chi connectivity index (χ3n) is 6.47. The van der Waals surface area contributed by atoms with Gasteiger partial charge in [0.25, 0.3) is 5.91 Å². The van der Waals surface area contributed by atoms with Crippen molar-refractivity contribution in [3.63, 3.8) is 0 Å². The maximum absolute atomic E-state index is 14.2. The van der Waals surface area contributed by atoms with Gasteiger partial charge >= 0.3 is 12.2 Å². The number of benzene rings is 2. The average Bonchev–Trinajstić information content (AvgIpc) is 3.00. The minimum atomic E-state index is -1.68. The first-order chi connectivity index (χ1) is 20.8. The fourth-order valence-corrected chi connectivity index (χ4v) is 3.98. The lowest BCUT2D eigenvalue weighted by molar-refractivity contribution is -0.132. The molecule has 2 aromatic carbocycles. The maximum Gasteiger partial charge on any atom is 0.407 e. The molecule has 0 aliphatic heterocycles. The Balaban J connectivity index is 1.91. The van der Waals surface area contributed by atoms with Crippen LogP contribution < -0.4 is 21.3 Å². The van der Waals surface area contributed by atoms with E-state index in [0.717, 1.165) is 38.0 Å². The Hall–Kier alpha value is -4.30. The minimum Gasteiger partial charge on any atom is -0.453 e. The molecule has 12 nitrogen and oxygen atoms in total. The minimum absolute atomic E-state index is 0.0220. The van der Waals surface area contributed by atoms with Gasteiger partial charge < -0.3 is 40.6 Å². The van der Waals surface area contributed by atoms with Crippen molar-refractivity contribution < 1.29 is 47.3 Å². The Kier molecular flexibility index (Phi) is 14.5. The highest BCUT2D eigenvalue weighted by molar-refractivity contribution is 5.82. The Bertz CT molecular complexity index is 1250. The van der Waals surface area contributed by atoms with Crippen molar-refractivity contribution in [2.75, 3.05) is 33.9 Å². The summed E-state index contributed by atoms with van der Waals surface area (Å²) in [6, 6.07) is 10.1. The Morgan fingerprint density at radius 3 is 2.20 bits per heavy atom. The predicted molar refractivity (Wildman–Crippen MR) is 155 cm³/mol. The molecule has 0 spiro atoms. The Labute approximate surface area is 254 Å². The van der Waals surface area contributed by atoms with Gasteiger partial charge in [0, 0.05) is 25.6 Å². The summed E-state index contributed by atoms with van der Waals surface area (Å²) in [5.74, 6) is -2.63. The molecule has 0 radical (unpaired) electrons. The quantitative estimate of drug-likeness (QED) is 0.190. The topological polar surface area (TPSA) is 164 Å². The largest absolute Gasteiger partial charge is 0.453 e. The summed E-state index contributed by atoms with van der Waals surface area (Å²) in [5, 5.41) is 20.8. The molecule has 14 heteroatoms. The second-order valence-electron chi connectivity index (χ2n) is 10.8. The fraction of sp³-hybridized carbons (Fsp3) is 0.467. The molecule has 1 unspecified atom stereocenters. The summed E-state index contributed by atoms with van der Waals surface area (Å²) in [4.78, 5) is 49.1. The van der Waals surface area contributed by atoms with E-state index in [9.17, 15) is 33.1 Å². The van der Waals surface area contributed by atoms with Gasteiger partial charge in [0.2, 0.25) is 5.91 Å². The van der Waals surface area contributed by atoms with Crippen LogP contribution in [-0.2, 0) is 36.8 Å². The van der Waals surface area contributed by atoms with Gasteiger partial charge in [-0.2, -0.15) is 0 Å². The van der Waals surface area contributed by atoms with Crippen molar-refractivity contribution in [1.29, 1.82) is 0 Å². The number of carbonyl (C=O) groups is 4. The van der Waals surface area contributed by atoms with E-state index < -0.39 is 59.2 Å². The van der Waals surface area contributed by atoms with Crippen molar-refractivity contribution in [3.8, 4) is 0 Å². The lowest BCUT2D eigenvalue weighted by Gasteiger charge is -2.28. The van der Waals surface area contributed by atoms with Gasteiger partial charge in [-0.25, -0.2) is 18.4 Å². The van der Waals surface area contributed by atoms with Crippen LogP contribution in [0.15, 0.2) is 48.5 Å². The van der Waals surface area contributed by atoms with Crippen molar-refractivity contribution in [3.05, 3.63) is 71.3 Å². The van der Waals surface area contributed by atoms with E-state index in [-0.39, 0.29) is 44.7 Å². The van der Waals surface area contributed by atoms with Crippen LogP contribution in [0, 0.1) is 17.0 Å². The number of aliphatic hydroxyl groups excluding tert-OH is 1. The van der Waals surface area contributed by atoms with Crippen LogP contribution in [0.2, 0.25) is 0 Å². The van der Waals surface area contributed by atoms with E-state index in [1.807, 2.05) is 30.3 Å². The molecule has 0 fully saturated rings.